The molecule has 0 aromatic carbocycles. The summed E-state index contributed by atoms with van der Waals surface area (Å²) in [6.07, 6.45) is -1.50. The standard InChI is InChI=1S/C9H8BrF2NO2/c1-2-15-9(14)7-6(8(11)12)5(10)3-4-13-7/h3-4,8H,2H2,1H3. The fourth-order valence-electron chi connectivity index (χ4n) is 1.02. The average molecular weight is 280 g/mol. The van der Waals surface area contributed by atoms with E-state index >= 15 is 0 Å². The fourth-order valence-corrected chi connectivity index (χ4v) is 1.50. The first kappa shape index (κ1) is 12.0. The number of alkyl halides is 2. The van der Waals surface area contributed by atoms with Crippen LogP contribution in [0.15, 0.2) is 16.7 Å². The maximum atomic E-state index is 12.6. The zero-order valence-electron chi connectivity index (χ0n) is 7.84. The minimum Gasteiger partial charge on any atom is -0.461 e. The molecule has 0 radical (unpaired) electrons. The van der Waals surface area contributed by atoms with Crippen molar-refractivity contribution in [2.75, 3.05) is 6.61 Å². The normalized spacial score (nSPS) is 10.5. The highest BCUT2D eigenvalue weighted by molar-refractivity contribution is 9.10. The number of hydrogen-bond donors (Lipinski definition) is 0. The van der Waals surface area contributed by atoms with E-state index in [4.69, 9.17) is 0 Å². The van der Waals surface area contributed by atoms with Crippen molar-refractivity contribution in [2.24, 2.45) is 0 Å². The number of aromatic nitrogens is 1. The van der Waals surface area contributed by atoms with Crippen LogP contribution in [0.5, 0.6) is 0 Å². The van der Waals surface area contributed by atoms with Crippen molar-refractivity contribution < 1.29 is 18.3 Å². The molecule has 1 aromatic heterocycles. The monoisotopic (exact) mass is 279 g/mol. The summed E-state index contributed by atoms with van der Waals surface area (Å²) in [6.45, 7) is 1.72. The maximum Gasteiger partial charge on any atom is 0.357 e. The number of hydrogen-bond acceptors (Lipinski definition) is 3. The van der Waals surface area contributed by atoms with Crippen molar-refractivity contribution in [3.8, 4) is 0 Å². The summed E-state index contributed by atoms with van der Waals surface area (Å²) < 4.78 is 30.0. The second-order valence-electron chi connectivity index (χ2n) is 2.58. The molecule has 1 rings (SSSR count). The summed E-state index contributed by atoms with van der Waals surface area (Å²) >= 11 is 2.94. The van der Waals surface area contributed by atoms with Gasteiger partial charge < -0.3 is 4.74 Å². The molecule has 0 bridgehead atoms. The van der Waals surface area contributed by atoms with E-state index in [0.29, 0.717) is 0 Å². The van der Waals surface area contributed by atoms with Gasteiger partial charge in [-0.1, -0.05) is 15.9 Å². The number of rotatable bonds is 3. The summed E-state index contributed by atoms with van der Waals surface area (Å²) in [5, 5.41) is 0. The lowest BCUT2D eigenvalue weighted by Crippen LogP contribution is -2.11. The van der Waals surface area contributed by atoms with E-state index in [-0.39, 0.29) is 16.8 Å². The predicted molar refractivity (Wildman–Crippen MR) is 52.9 cm³/mol. The van der Waals surface area contributed by atoms with E-state index in [1.807, 2.05) is 0 Å². The largest absolute Gasteiger partial charge is 0.461 e. The number of carbonyl (C=O) groups is 1. The summed E-state index contributed by atoms with van der Waals surface area (Å²) in [4.78, 5) is 14.9. The Hall–Kier alpha value is -1.04. The van der Waals surface area contributed by atoms with Crippen molar-refractivity contribution in [1.82, 2.24) is 4.98 Å². The molecule has 1 aromatic rings. The first-order valence-corrected chi connectivity index (χ1v) is 4.96. The first-order chi connectivity index (χ1) is 7.07. The number of ether oxygens (including phenoxy) is 1. The molecular weight excluding hydrogens is 272 g/mol. The zero-order chi connectivity index (χ0) is 11.4. The quantitative estimate of drug-likeness (QED) is 0.799. The molecule has 82 valence electrons. The maximum absolute atomic E-state index is 12.6. The van der Waals surface area contributed by atoms with E-state index < -0.39 is 18.0 Å². The van der Waals surface area contributed by atoms with Crippen LogP contribution in [0.3, 0.4) is 0 Å². The van der Waals surface area contributed by atoms with Crippen molar-refractivity contribution in [3.63, 3.8) is 0 Å². The average Bonchev–Trinajstić information content (AvgIpc) is 2.17. The van der Waals surface area contributed by atoms with Crippen molar-refractivity contribution in [2.45, 2.75) is 13.3 Å². The van der Waals surface area contributed by atoms with Crippen LogP contribution in [0.1, 0.15) is 29.4 Å². The van der Waals surface area contributed by atoms with Crippen LogP contribution < -0.4 is 0 Å². The van der Waals surface area contributed by atoms with Crippen LogP contribution in [0.4, 0.5) is 8.78 Å². The number of nitrogens with zero attached hydrogens (tertiary/aromatic N) is 1. The topological polar surface area (TPSA) is 39.2 Å². The Morgan fingerprint density at radius 2 is 2.33 bits per heavy atom. The molecule has 1 heterocycles. The van der Waals surface area contributed by atoms with Crippen LogP contribution in [-0.2, 0) is 4.74 Å². The minimum atomic E-state index is -2.77. The molecule has 15 heavy (non-hydrogen) atoms. The van der Waals surface area contributed by atoms with Crippen molar-refractivity contribution >= 4 is 21.9 Å². The number of esters is 1. The molecule has 0 aliphatic heterocycles. The third-order valence-corrected chi connectivity index (χ3v) is 2.32. The highest BCUT2D eigenvalue weighted by Crippen LogP contribution is 2.29. The molecule has 0 amide bonds. The van der Waals surface area contributed by atoms with Gasteiger partial charge >= 0.3 is 5.97 Å². The SMILES string of the molecule is CCOC(=O)c1nccc(Br)c1C(F)F. The van der Waals surface area contributed by atoms with Gasteiger partial charge in [0.25, 0.3) is 6.43 Å². The smallest absolute Gasteiger partial charge is 0.357 e. The highest BCUT2D eigenvalue weighted by Gasteiger charge is 2.23. The van der Waals surface area contributed by atoms with Crippen molar-refractivity contribution in [3.05, 3.63) is 28.0 Å². The molecule has 0 saturated carbocycles. The third kappa shape index (κ3) is 2.71. The highest BCUT2D eigenvalue weighted by atomic mass is 79.9. The van der Waals surface area contributed by atoms with E-state index in [0.717, 1.165) is 0 Å². The van der Waals surface area contributed by atoms with Crippen LogP contribution >= 0.6 is 15.9 Å². The fraction of sp³-hybridized carbons (Fsp3) is 0.333. The molecule has 6 heteroatoms. The Balaban J connectivity index is 3.17. The Kier molecular flexibility index (Phi) is 4.14. The van der Waals surface area contributed by atoms with Crippen LogP contribution in [0.2, 0.25) is 0 Å². The number of pyridine rings is 1. The summed E-state index contributed by atoms with van der Waals surface area (Å²) in [6, 6.07) is 1.35. The molecule has 3 nitrogen and oxygen atoms in total. The second kappa shape index (κ2) is 5.16. The molecule has 0 saturated heterocycles. The van der Waals surface area contributed by atoms with Crippen LogP contribution in [-0.4, -0.2) is 17.6 Å². The van der Waals surface area contributed by atoms with E-state index in [2.05, 4.69) is 25.7 Å². The van der Waals surface area contributed by atoms with Gasteiger partial charge in [0.05, 0.1) is 12.2 Å². The molecule has 0 spiro atoms. The van der Waals surface area contributed by atoms with Gasteiger partial charge in [0.15, 0.2) is 5.69 Å². The number of halogens is 3. The summed E-state index contributed by atoms with van der Waals surface area (Å²) in [5.41, 5.74) is -0.780. The number of carbonyl (C=O) groups excluding carboxylic acids is 1. The van der Waals surface area contributed by atoms with Gasteiger partial charge in [-0.25, -0.2) is 18.6 Å². The second-order valence-corrected chi connectivity index (χ2v) is 3.43. The lowest BCUT2D eigenvalue weighted by molar-refractivity contribution is 0.0507. The molecule has 0 N–H and O–H groups in total. The molecule has 0 aliphatic carbocycles. The van der Waals surface area contributed by atoms with Gasteiger partial charge in [-0.3, -0.25) is 0 Å². The Morgan fingerprint density at radius 3 is 2.87 bits per heavy atom. The van der Waals surface area contributed by atoms with E-state index in [1.165, 1.54) is 12.3 Å². The predicted octanol–water partition coefficient (Wildman–Crippen LogP) is 2.96. The van der Waals surface area contributed by atoms with Crippen LogP contribution in [0, 0.1) is 0 Å². The van der Waals surface area contributed by atoms with E-state index in [1.54, 1.807) is 6.92 Å². The Morgan fingerprint density at radius 1 is 1.67 bits per heavy atom. The van der Waals surface area contributed by atoms with Gasteiger partial charge in [-0.05, 0) is 13.0 Å². The van der Waals surface area contributed by atoms with Gasteiger partial charge in [-0.15, -0.1) is 0 Å². The van der Waals surface area contributed by atoms with Crippen LogP contribution in [0.25, 0.3) is 0 Å². The summed E-state index contributed by atoms with van der Waals surface area (Å²) in [5.74, 6) is -0.839. The Bertz CT molecular complexity index is 371. The molecule has 0 unspecified atom stereocenters. The lowest BCUT2D eigenvalue weighted by Gasteiger charge is -2.08. The molecule has 0 aliphatic rings. The van der Waals surface area contributed by atoms with E-state index in [9.17, 15) is 13.6 Å². The van der Waals surface area contributed by atoms with Crippen molar-refractivity contribution in [1.29, 1.82) is 0 Å². The Labute approximate surface area is 93.6 Å². The van der Waals surface area contributed by atoms with Gasteiger partial charge in [-0.2, -0.15) is 0 Å². The minimum absolute atomic E-state index is 0.121. The van der Waals surface area contributed by atoms with Gasteiger partial charge in [0, 0.05) is 10.7 Å². The zero-order valence-corrected chi connectivity index (χ0v) is 9.42. The first-order valence-electron chi connectivity index (χ1n) is 4.17. The molecule has 0 atom stereocenters. The molecule has 0 fully saturated rings. The van der Waals surface area contributed by atoms with Gasteiger partial charge in [0.1, 0.15) is 0 Å². The van der Waals surface area contributed by atoms with Gasteiger partial charge in [0.2, 0.25) is 0 Å². The lowest BCUT2D eigenvalue weighted by atomic mass is 10.2. The molecular formula is C9H8BrF2NO2. The summed E-state index contributed by atoms with van der Waals surface area (Å²) in [7, 11) is 0. The third-order valence-electron chi connectivity index (χ3n) is 1.62.